The summed E-state index contributed by atoms with van der Waals surface area (Å²) in [6, 6.07) is 13.3. The molecule has 0 spiro atoms. The topological polar surface area (TPSA) is 35.2 Å². The summed E-state index contributed by atoms with van der Waals surface area (Å²) in [6.07, 6.45) is 0. The van der Waals surface area contributed by atoms with Crippen LogP contribution in [0.1, 0.15) is 11.1 Å². The first kappa shape index (κ1) is 14.8. The fourth-order valence-corrected chi connectivity index (χ4v) is 1.63. The van der Waals surface area contributed by atoms with Crippen LogP contribution in [0.4, 0.5) is 0 Å². The quantitative estimate of drug-likeness (QED) is 0.910. The van der Waals surface area contributed by atoms with Crippen molar-refractivity contribution in [2.45, 2.75) is 13.5 Å². The molecular weight excluding hydrogens is 269 g/mol. The van der Waals surface area contributed by atoms with Crippen molar-refractivity contribution < 1.29 is 4.74 Å². The first-order valence-corrected chi connectivity index (χ1v) is 5.80. The second-order valence-electron chi connectivity index (χ2n) is 3.86. The predicted molar refractivity (Wildman–Crippen MR) is 77.8 cm³/mol. The van der Waals surface area contributed by atoms with Crippen LogP contribution < -0.4 is 10.5 Å². The van der Waals surface area contributed by atoms with Gasteiger partial charge in [0.2, 0.25) is 0 Å². The molecule has 0 aliphatic carbocycles. The Morgan fingerprint density at radius 1 is 1.06 bits per heavy atom. The van der Waals surface area contributed by atoms with Gasteiger partial charge in [0.1, 0.15) is 11.5 Å². The summed E-state index contributed by atoms with van der Waals surface area (Å²) in [5.74, 6) is 1.58. The molecule has 0 aromatic heterocycles. The SMILES string of the molecule is Cc1cc(Oc2ccc(CN)cc2)ccc1Cl.Cl. The van der Waals surface area contributed by atoms with Gasteiger partial charge in [-0.25, -0.2) is 0 Å². The molecule has 4 heteroatoms. The van der Waals surface area contributed by atoms with E-state index in [9.17, 15) is 0 Å². The van der Waals surface area contributed by atoms with E-state index in [1.54, 1.807) is 0 Å². The van der Waals surface area contributed by atoms with Gasteiger partial charge < -0.3 is 10.5 Å². The molecule has 0 saturated heterocycles. The number of benzene rings is 2. The van der Waals surface area contributed by atoms with E-state index in [2.05, 4.69) is 0 Å². The molecule has 0 heterocycles. The van der Waals surface area contributed by atoms with Crippen molar-refractivity contribution in [1.82, 2.24) is 0 Å². The summed E-state index contributed by atoms with van der Waals surface area (Å²) in [7, 11) is 0. The molecule has 2 aromatic rings. The molecule has 0 atom stereocenters. The van der Waals surface area contributed by atoms with E-state index in [1.807, 2.05) is 49.4 Å². The Morgan fingerprint density at radius 3 is 2.22 bits per heavy atom. The maximum atomic E-state index is 5.95. The van der Waals surface area contributed by atoms with E-state index in [0.29, 0.717) is 6.54 Å². The summed E-state index contributed by atoms with van der Waals surface area (Å²) < 4.78 is 5.71. The molecule has 0 aliphatic heterocycles. The van der Waals surface area contributed by atoms with E-state index in [0.717, 1.165) is 27.6 Å². The van der Waals surface area contributed by atoms with Crippen molar-refractivity contribution in [3.05, 3.63) is 58.6 Å². The third kappa shape index (κ3) is 3.64. The lowest BCUT2D eigenvalue weighted by Gasteiger charge is -2.07. The average molecular weight is 284 g/mol. The number of hydrogen-bond donors (Lipinski definition) is 1. The summed E-state index contributed by atoms with van der Waals surface area (Å²) >= 11 is 5.95. The monoisotopic (exact) mass is 283 g/mol. The van der Waals surface area contributed by atoms with Crippen LogP contribution in [0.25, 0.3) is 0 Å². The van der Waals surface area contributed by atoms with Crippen LogP contribution in [0.3, 0.4) is 0 Å². The number of nitrogens with two attached hydrogens (primary N) is 1. The molecule has 2 aromatic carbocycles. The molecule has 0 fully saturated rings. The lowest BCUT2D eigenvalue weighted by molar-refractivity contribution is 0.482. The summed E-state index contributed by atoms with van der Waals surface area (Å²) in [5, 5.41) is 0.746. The maximum Gasteiger partial charge on any atom is 0.127 e. The second kappa shape index (κ2) is 6.64. The van der Waals surface area contributed by atoms with Gasteiger partial charge in [-0.2, -0.15) is 0 Å². The Labute approximate surface area is 118 Å². The van der Waals surface area contributed by atoms with E-state index in [4.69, 9.17) is 22.1 Å². The molecule has 96 valence electrons. The number of halogens is 2. The minimum atomic E-state index is 0. The molecule has 0 unspecified atom stereocenters. The fraction of sp³-hybridized carbons (Fsp3) is 0.143. The Kier molecular flexibility index (Phi) is 5.48. The van der Waals surface area contributed by atoms with E-state index >= 15 is 0 Å². The largest absolute Gasteiger partial charge is 0.457 e. The lowest BCUT2D eigenvalue weighted by Crippen LogP contribution is -1.95. The number of ether oxygens (including phenoxy) is 1. The van der Waals surface area contributed by atoms with Crippen molar-refractivity contribution in [2.24, 2.45) is 5.73 Å². The Hall–Kier alpha value is -1.22. The molecule has 2 rings (SSSR count). The van der Waals surface area contributed by atoms with E-state index < -0.39 is 0 Å². The van der Waals surface area contributed by atoms with Crippen LogP contribution in [0.2, 0.25) is 5.02 Å². The van der Waals surface area contributed by atoms with Gasteiger partial charge in [0.05, 0.1) is 0 Å². The minimum Gasteiger partial charge on any atom is -0.457 e. The van der Waals surface area contributed by atoms with Crippen LogP contribution in [-0.2, 0) is 6.54 Å². The maximum absolute atomic E-state index is 5.95. The summed E-state index contributed by atoms with van der Waals surface area (Å²) in [5.41, 5.74) is 7.62. The Bertz CT molecular complexity index is 512. The van der Waals surface area contributed by atoms with Gasteiger partial charge in [0, 0.05) is 11.6 Å². The smallest absolute Gasteiger partial charge is 0.127 e. The van der Waals surface area contributed by atoms with Crippen molar-refractivity contribution in [2.75, 3.05) is 0 Å². The predicted octanol–water partition coefficient (Wildman–Crippen LogP) is 4.32. The van der Waals surface area contributed by atoms with Crippen LogP contribution in [0.5, 0.6) is 11.5 Å². The van der Waals surface area contributed by atoms with Gasteiger partial charge in [-0.1, -0.05) is 23.7 Å². The minimum absolute atomic E-state index is 0. The molecule has 2 nitrogen and oxygen atoms in total. The number of rotatable bonds is 3. The van der Waals surface area contributed by atoms with Crippen LogP contribution in [0.15, 0.2) is 42.5 Å². The zero-order valence-corrected chi connectivity index (χ0v) is 11.6. The van der Waals surface area contributed by atoms with Gasteiger partial charge in [0.15, 0.2) is 0 Å². The van der Waals surface area contributed by atoms with Crippen molar-refractivity contribution in [3.63, 3.8) is 0 Å². The molecule has 18 heavy (non-hydrogen) atoms. The van der Waals surface area contributed by atoms with Crippen LogP contribution >= 0.6 is 24.0 Å². The van der Waals surface area contributed by atoms with Gasteiger partial charge in [0.25, 0.3) is 0 Å². The van der Waals surface area contributed by atoms with Gasteiger partial charge in [-0.05, 0) is 48.4 Å². The van der Waals surface area contributed by atoms with Crippen LogP contribution in [0, 0.1) is 6.92 Å². The molecule has 2 N–H and O–H groups in total. The molecule has 0 aliphatic rings. The first-order valence-electron chi connectivity index (χ1n) is 5.42. The highest BCUT2D eigenvalue weighted by molar-refractivity contribution is 6.31. The van der Waals surface area contributed by atoms with Gasteiger partial charge in [-0.15, -0.1) is 12.4 Å². The van der Waals surface area contributed by atoms with Gasteiger partial charge in [-0.3, -0.25) is 0 Å². The first-order chi connectivity index (χ1) is 8.19. The molecule has 0 bridgehead atoms. The highest BCUT2D eigenvalue weighted by atomic mass is 35.5. The highest BCUT2D eigenvalue weighted by Crippen LogP contribution is 2.25. The zero-order chi connectivity index (χ0) is 12.3. The lowest BCUT2D eigenvalue weighted by atomic mass is 10.2. The number of aryl methyl sites for hydroxylation is 1. The third-order valence-electron chi connectivity index (χ3n) is 2.52. The molecule has 0 radical (unpaired) electrons. The Balaban J connectivity index is 0.00000162. The van der Waals surface area contributed by atoms with Crippen molar-refractivity contribution >= 4 is 24.0 Å². The standard InChI is InChI=1S/C14H14ClNO.ClH/c1-10-8-13(6-7-14(10)15)17-12-4-2-11(9-16)3-5-12;/h2-8H,9,16H2,1H3;1H. The van der Waals surface area contributed by atoms with Gasteiger partial charge >= 0.3 is 0 Å². The van der Waals surface area contributed by atoms with Crippen molar-refractivity contribution in [3.8, 4) is 11.5 Å². The van der Waals surface area contributed by atoms with E-state index in [1.165, 1.54) is 0 Å². The number of hydrogen-bond acceptors (Lipinski definition) is 2. The summed E-state index contributed by atoms with van der Waals surface area (Å²) in [4.78, 5) is 0. The normalized spacial score (nSPS) is 9.72. The zero-order valence-electron chi connectivity index (χ0n) is 10.0. The van der Waals surface area contributed by atoms with Crippen LogP contribution in [-0.4, -0.2) is 0 Å². The molecule has 0 amide bonds. The summed E-state index contributed by atoms with van der Waals surface area (Å²) in [6.45, 7) is 2.49. The second-order valence-corrected chi connectivity index (χ2v) is 4.27. The van der Waals surface area contributed by atoms with Crippen molar-refractivity contribution in [1.29, 1.82) is 0 Å². The Morgan fingerprint density at radius 2 is 1.67 bits per heavy atom. The third-order valence-corrected chi connectivity index (χ3v) is 2.95. The average Bonchev–Trinajstić information content (AvgIpc) is 2.35. The molecule has 0 saturated carbocycles. The molecular formula is C14H15Cl2NO. The van der Waals surface area contributed by atoms with E-state index in [-0.39, 0.29) is 12.4 Å². The highest BCUT2D eigenvalue weighted by Gasteiger charge is 2.00. The fourth-order valence-electron chi connectivity index (χ4n) is 1.51.